The van der Waals surface area contributed by atoms with Crippen LogP contribution in [0.1, 0.15) is 75.9 Å². The second-order valence-electron chi connectivity index (χ2n) is 10.6. The quantitative estimate of drug-likeness (QED) is 0.144. The van der Waals surface area contributed by atoms with Gasteiger partial charge in [-0.25, -0.2) is 13.6 Å². The van der Waals surface area contributed by atoms with Crippen LogP contribution in [0.2, 0.25) is 0 Å². The Labute approximate surface area is 273 Å². The van der Waals surface area contributed by atoms with Gasteiger partial charge < -0.3 is 20.5 Å². The van der Waals surface area contributed by atoms with E-state index in [2.05, 4.69) is 36.0 Å². The van der Waals surface area contributed by atoms with Crippen molar-refractivity contribution in [3.63, 3.8) is 0 Å². The summed E-state index contributed by atoms with van der Waals surface area (Å²) in [5, 5.41) is 2.56. The van der Waals surface area contributed by atoms with Gasteiger partial charge in [0.1, 0.15) is 11.6 Å². The number of esters is 2. The number of pyridine rings is 1. The lowest BCUT2D eigenvalue weighted by atomic mass is 10.1. The van der Waals surface area contributed by atoms with E-state index in [0.29, 0.717) is 31.2 Å². The molecule has 0 atom stereocenters. The van der Waals surface area contributed by atoms with Crippen molar-refractivity contribution in [2.45, 2.75) is 45.4 Å². The zero-order chi connectivity index (χ0) is 34.4. The first-order valence-electron chi connectivity index (χ1n) is 14.8. The first kappa shape index (κ1) is 36.4. The van der Waals surface area contributed by atoms with Gasteiger partial charge in [-0.3, -0.25) is 19.2 Å². The summed E-state index contributed by atoms with van der Waals surface area (Å²) in [6.07, 6.45) is 3.06. The summed E-state index contributed by atoms with van der Waals surface area (Å²) in [5.74, 6) is 3.31. The van der Waals surface area contributed by atoms with Crippen LogP contribution in [0.3, 0.4) is 0 Å². The number of aromatic nitrogens is 1. The molecule has 0 fully saturated rings. The van der Waals surface area contributed by atoms with Crippen molar-refractivity contribution in [3.05, 3.63) is 88.4 Å². The monoisotopic (exact) mass is 664 g/mol. The Morgan fingerprint density at radius 1 is 0.915 bits per heavy atom. The number of nitrogens with two attached hydrogens (primary N) is 1. The summed E-state index contributed by atoms with van der Waals surface area (Å²) in [7, 11) is -0.481. The molecule has 0 unspecified atom stereocenters. The minimum atomic E-state index is -3.05. The van der Waals surface area contributed by atoms with E-state index >= 15 is 0 Å². The van der Waals surface area contributed by atoms with Crippen LogP contribution in [-0.2, 0) is 28.8 Å². The fourth-order valence-electron chi connectivity index (χ4n) is 4.29. The van der Waals surface area contributed by atoms with Gasteiger partial charge in [0.05, 0.1) is 40.8 Å². The summed E-state index contributed by atoms with van der Waals surface area (Å²) in [6.45, 7) is 1.78. The number of nitrogens with zero attached hydrogens (tertiary/aromatic N) is 2. The molecule has 0 radical (unpaired) electrons. The van der Waals surface area contributed by atoms with Crippen LogP contribution >= 0.6 is 0 Å². The third-order valence-corrected chi connectivity index (χ3v) is 9.25. The first-order valence-corrected chi connectivity index (χ1v) is 16.6. The molecule has 3 aromatic rings. The van der Waals surface area contributed by atoms with E-state index in [-0.39, 0.29) is 52.5 Å². The van der Waals surface area contributed by atoms with Crippen molar-refractivity contribution < 1.29 is 37.3 Å². The van der Waals surface area contributed by atoms with Gasteiger partial charge in [-0.1, -0.05) is 24.0 Å². The van der Waals surface area contributed by atoms with Crippen LogP contribution in [0.5, 0.6) is 0 Å². The normalized spacial score (nSPS) is 10.7. The van der Waals surface area contributed by atoms with Crippen LogP contribution in [0.15, 0.2) is 59.1 Å². The highest BCUT2D eigenvalue weighted by Gasteiger charge is 2.16. The number of carbonyl (C=O) groups excluding carboxylic acids is 4. The molecule has 0 aliphatic carbocycles. The fraction of sp³-hybridized carbons (Fsp3) is 0.324. The molecule has 0 aliphatic heterocycles. The molecule has 0 aliphatic rings. The minimum absolute atomic E-state index is 0.0219. The van der Waals surface area contributed by atoms with Gasteiger partial charge in [-0.2, -0.15) is 4.36 Å². The molecule has 11 nitrogen and oxygen atoms in total. The van der Waals surface area contributed by atoms with Crippen LogP contribution in [0, 0.1) is 24.6 Å². The highest BCUT2D eigenvalue weighted by Crippen LogP contribution is 2.18. The van der Waals surface area contributed by atoms with Crippen molar-refractivity contribution in [2.24, 2.45) is 4.36 Å². The molecule has 1 heterocycles. The highest BCUT2D eigenvalue weighted by atomic mass is 32.2. The maximum absolute atomic E-state index is 14.1. The Morgan fingerprint density at radius 3 is 2.21 bits per heavy atom. The molecule has 3 N–H and O–H groups in total. The largest absolute Gasteiger partial charge is 0.469 e. The van der Waals surface area contributed by atoms with Crippen molar-refractivity contribution in [1.82, 2.24) is 4.98 Å². The zero-order valence-electron chi connectivity index (χ0n) is 26.5. The van der Waals surface area contributed by atoms with E-state index in [1.807, 2.05) is 0 Å². The van der Waals surface area contributed by atoms with E-state index in [9.17, 15) is 27.8 Å². The van der Waals surface area contributed by atoms with Gasteiger partial charge in [0.2, 0.25) is 0 Å². The SMILES string of the molecule is COC(=O)CCCCS(=O)(CCCCC(=O)OC)=NC(=O)c1cnc(N)c(C#Cc2cccc(C(=O)Nc3cc(C)ccc3F)c2)c1. The van der Waals surface area contributed by atoms with Gasteiger partial charge in [0.15, 0.2) is 0 Å². The molecule has 2 aromatic carbocycles. The summed E-state index contributed by atoms with van der Waals surface area (Å²) < 4.78 is 41.2. The Hall–Kier alpha value is -5.09. The number of carbonyl (C=O) groups is 4. The van der Waals surface area contributed by atoms with E-state index in [4.69, 9.17) is 5.73 Å². The van der Waals surface area contributed by atoms with Crippen LogP contribution in [-0.4, -0.2) is 58.7 Å². The number of amides is 2. The van der Waals surface area contributed by atoms with Gasteiger partial charge in [0, 0.05) is 41.7 Å². The molecule has 0 saturated heterocycles. The van der Waals surface area contributed by atoms with Crippen molar-refractivity contribution in [1.29, 1.82) is 0 Å². The van der Waals surface area contributed by atoms with Crippen LogP contribution in [0.4, 0.5) is 15.9 Å². The molecule has 2 amide bonds. The van der Waals surface area contributed by atoms with Crippen molar-refractivity contribution in [3.8, 4) is 11.8 Å². The third kappa shape index (κ3) is 11.7. The Balaban J connectivity index is 1.80. The summed E-state index contributed by atoms with van der Waals surface area (Å²) in [5.41, 5.74) is 7.80. The van der Waals surface area contributed by atoms with E-state index < -0.39 is 39.3 Å². The van der Waals surface area contributed by atoms with Gasteiger partial charge in [0.25, 0.3) is 11.8 Å². The number of aryl methyl sites for hydroxylation is 1. The van der Waals surface area contributed by atoms with E-state index in [1.54, 1.807) is 31.2 Å². The predicted molar refractivity (Wildman–Crippen MR) is 177 cm³/mol. The number of methoxy groups -OCH3 is 2. The number of ether oxygens (including phenoxy) is 2. The molecular formula is C34H37FN4O7S. The van der Waals surface area contributed by atoms with Gasteiger partial charge >= 0.3 is 11.9 Å². The molecular weight excluding hydrogens is 627 g/mol. The second kappa shape index (κ2) is 17.6. The number of hydrogen-bond acceptors (Lipinski definition) is 9. The average molecular weight is 665 g/mol. The van der Waals surface area contributed by atoms with E-state index in [0.717, 1.165) is 5.56 Å². The molecule has 47 heavy (non-hydrogen) atoms. The standard InChI is InChI=1S/C34H37FN4O7S/c1-23-13-16-28(35)29(19-23)38-33(42)26-10-8-9-24(20-26)14-15-25-21-27(22-37-32(25)36)34(43)39-47(44,17-6-4-11-30(40)45-2)18-7-5-12-31(41)46-3/h8-10,13,16,19-22H,4-7,11-12,17-18H2,1-3H3,(H2,36,37)(H,38,42). The molecule has 3 rings (SSSR count). The number of nitrogen functional groups attached to an aromatic ring is 1. The van der Waals surface area contributed by atoms with Crippen molar-refractivity contribution >= 4 is 45.0 Å². The predicted octanol–water partition coefficient (Wildman–Crippen LogP) is 5.06. The lowest BCUT2D eigenvalue weighted by Gasteiger charge is -2.10. The lowest BCUT2D eigenvalue weighted by molar-refractivity contribution is -0.141. The Bertz CT molecular complexity index is 1790. The number of halogens is 1. The van der Waals surface area contributed by atoms with Crippen LogP contribution in [0.25, 0.3) is 0 Å². The topological polar surface area (TPSA) is 167 Å². The number of anilines is 2. The molecule has 0 bridgehead atoms. The molecule has 1 aromatic heterocycles. The number of nitrogens with one attached hydrogen (secondary N) is 1. The van der Waals surface area contributed by atoms with Crippen molar-refractivity contribution in [2.75, 3.05) is 36.8 Å². The number of hydrogen-bond donors (Lipinski definition) is 2. The van der Waals surface area contributed by atoms with Gasteiger partial charge in [-0.05, 0) is 74.6 Å². The lowest BCUT2D eigenvalue weighted by Crippen LogP contribution is -2.15. The Kier molecular flexibility index (Phi) is 13.6. The second-order valence-corrected chi connectivity index (χ2v) is 13.1. The molecule has 0 saturated carbocycles. The first-order chi connectivity index (χ1) is 22.4. The van der Waals surface area contributed by atoms with Crippen LogP contribution < -0.4 is 11.1 Å². The molecule has 248 valence electrons. The van der Waals surface area contributed by atoms with Gasteiger partial charge in [-0.15, -0.1) is 0 Å². The summed E-state index contributed by atoms with van der Waals surface area (Å²) in [6, 6.07) is 12.2. The smallest absolute Gasteiger partial charge is 0.305 e. The third-order valence-electron chi connectivity index (χ3n) is 6.89. The summed E-state index contributed by atoms with van der Waals surface area (Å²) in [4.78, 5) is 53.0. The maximum Gasteiger partial charge on any atom is 0.305 e. The highest BCUT2D eigenvalue weighted by molar-refractivity contribution is 7.93. The number of benzene rings is 2. The molecule has 13 heteroatoms. The fourth-order valence-corrected chi connectivity index (χ4v) is 6.40. The van der Waals surface area contributed by atoms with E-state index in [1.165, 1.54) is 44.7 Å². The summed E-state index contributed by atoms with van der Waals surface area (Å²) >= 11 is 0. The Morgan fingerprint density at radius 2 is 1.57 bits per heavy atom. The number of unbranched alkanes of at least 4 members (excludes halogenated alkanes) is 2. The maximum atomic E-state index is 14.1. The average Bonchev–Trinajstić information content (AvgIpc) is 3.06. The minimum Gasteiger partial charge on any atom is -0.469 e. The zero-order valence-corrected chi connectivity index (χ0v) is 27.3. The molecule has 0 spiro atoms. The number of rotatable bonds is 13.